The van der Waals surface area contributed by atoms with Crippen molar-refractivity contribution in [2.75, 3.05) is 11.9 Å². The molecule has 1 amide bonds. The van der Waals surface area contributed by atoms with Crippen molar-refractivity contribution < 1.29 is 14.3 Å². The van der Waals surface area contributed by atoms with Crippen LogP contribution < -0.4 is 20.1 Å². The van der Waals surface area contributed by atoms with Crippen LogP contribution in [-0.2, 0) is 4.79 Å². The molecule has 0 saturated heterocycles. The van der Waals surface area contributed by atoms with Crippen LogP contribution in [0.15, 0.2) is 54.9 Å². The van der Waals surface area contributed by atoms with Gasteiger partial charge >= 0.3 is 0 Å². The molecular weight excluding hydrogens is 432 g/mol. The van der Waals surface area contributed by atoms with Crippen LogP contribution in [0.5, 0.6) is 11.5 Å². The molecule has 9 nitrogen and oxygen atoms in total. The number of hydrogen-bond acceptors (Lipinski definition) is 7. The van der Waals surface area contributed by atoms with E-state index in [1.54, 1.807) is 18.5 Å². The Labute approximate surface area is 196 Å². The topological polar surface area (TPSA) is 114 Å². The standard InChI is InChI=1S/C25H26N6O3/c1-15(2)28-23(32)14-33-19-5-3-4-16(10-19)24-30-22-9-8-20(34-18-6-7-18)11-21(22)25(31-24)29-17-12-26-27-13-17/h3-5,8-13,15,18H,6-7,14H2,1-2H3,(H,26,27)(H,28,32)(H,29,30,31). The van der Waals surface area contributed by atoms with E-state index in [-0.39, 0.29) is 18.6 Å². The minimum atomic E-state index is -0.168. The van der Waals surface area contributed by atoms with Gasteiger partial charge in [0.2, 0.25) is 0 Å². The van der Waals surface area contributed by atoms with Crippen LogP contribution in [0, 0.1) is 0 Å². The summed E-state index contributed by atoms with van der Waals surface area (Å²) in [5.74, 6) is 2.38. The predicted octanol–water partition coefficient (Wildman–Crippen LogP) is 4.21. The largest absolute Gasteiger partial charge is 0.490 e. The maximum Gasteiger partial charge on any atom is 0.258 e. The monoisotopic (exact) mass is 458 g/mol. The van der Waals surface area contributed by atoms with E-state index in [1.165, 1.54) is 0 Å². The van der Waals surface area contributed by atoms with Crippen molar-refractivity contribution in [1.82, 2.24) is 25.5 Å². The maximum absolute atomic E-state index is 11.9. The van der Waals surface area contributed by atoms with Crippen molar-refractivity contribution in [2.45, 2.75) is 38.8 Å². The highest BCUT2D eigenvalue weighted by atomic mass is 16.5. The molecule has 4 aromatic rings. The second-order valence-electron chi connectivity index (χ2n) is 8.54. The molecule has 1 aliphatic carbocycles. The van der Waals surface area contributed by atoms with E-state index in [0.29, 0.717) is 23.5 Å². The first-order chi connectivity index (χ1) is 16.5. The average molecular weight is 459 g/mol. The van der Waals surface area contributed by atoms with Gasteiger partial charge in [0.1, 0.15) is 17.3 Å². The summed E-state index contributed by atoms with van der Waals surface area (Å²) >= 11 is 0. The maximum atomic E-state index is 11.9. The van der Waals surface area contributed by atoms with Gasteiger partial charge in [-0.25, -0.2) is 9.97 Å². The molecule has 3 N–H and O–H groups in total. The highest BCUT2D eigenvalue weighted by Crippen LogP contribution is 2.33. The van der Waals surface area contributed by atoms with Gasteiger partial charge in [-0.15, -0.1) is 0 Å². The third kappa shape index (κ3) is 5.25. The van der Waals surface area contributed by atoms with E-state index in [9.17, 15) is 4.79 Å². The van der Waals surface area contributed by atoms with E-state index in [4.69, 9.17) is 19.4 Å². The normalized spacial score (nSPS) is 13.1. The molecule has 1 fully saturated rings. The number of H-pyrrole nitrogens is 1. The number of anilines is 2. The van der Waals surface area contributed by atoms with Crippen LogP contribution >= 0.6 is 0 Å². The lowest BCUT2D eigenvalue weighted by Crippen LogP contribution is -2.34. The van der Waals surface area contributed by atoms with Gasteiger partial charge in [-0.1, -0.05) is 12.1 Å². The summed E-state index contributed by atoms with van der Waals surface area (Å²) in [6.07, 6.45) is 5.92. The molecule has 5 rings (SSSR count). The number of aromatic amines is 1. The molecule has 0 aliphatic heterocycles. The Morgan fingerprint density at radius 1 is 1.15 bits per heavy atom. The van der Waals surface area contributed by atoms with Gasteiger partial charge < -0.3 is 20.1 Å². The van der Waals surface area contributed by atoms with Gasteiger partial charge in [0.05, 0.1) is 23.5 Å². The molecule has 2 aromatic heterocycles. The van der Waals surface area contributed by atoms with Gasteiger partial charge in [-0.3, -0.25) is 9.89 Å². The predicted molar refractivity (Wildman–Crippen MR) is 129 cm³/mol. The molecule has 0 bridgehead atoms. The van der Waals surface area contributed by atoms with Crippen molar-refractivity contribution in [3.63, 3.8) is 0 Å². The van der Waals surface area contributed by atoms with Gasteiger partial charge in [-0.2, -0.15) is 5.10 Å². The van der Waals surface area contributed by atoms with Gasteiger partial charge in [0.25, 0.3) is 5.91 Å². The number of fused-ring (bicyclic) bond motifs is 1. The Morgan fingerprint density at radius 3 is 2.79 bits per heavy atom. The quantitative estimate of drug-likeness (QED) is 0.344. The van der Waals surface area contributed by atoms with E-state index >= 15 is 0 Å². The molecule has 174 valence electrons. The first-order valence-electron chi connectivity index (χ1n) is 11.3. The molecule has 9 heteroatoms. The molecule has 2 aromatic carbocycles. The number of carbonyl (C=O) groups excluding carboxylic acids is 1. The Bertz CT molecular complexity index is 1300. The number of rotatable bonds is 9. The van der Waals surface area contributed by atoms with E-state index < -0.39 is 0 Å². The first-order valence-corrected chi connectivity index (χ1v) is 11.3. The molecular formula is C25H26N6O3. The number of nitrogens with zero attached hydrogens (tertiary/aromatic N) is 3. The van der Waals surface area contributed by atoms with Crippen LogP contribution in [0.4, 0.5) is 11.5 Å². The number of ether oxygens (including phenoxy) is 2. The minimum Gasteiger partial charge on any atom is -0.490 e. The summed E-state index contributed by atoms with van der Waals surface area (Å²) in [5.41, 5.74) is 2.34. The van der Waals surface area contributed by atoms with Crippen LogP contribution in [0.2, 0.25) is 0 Å². The summed E-state index contributed by atoms with van der Waals surface area (Å²) in [5, 5.41) is 13.8. The van der Waals surface area contributed by atoms with E-state index in [1.807, 2.05) is 50.2 Å². The number of nitrogens with one attached hydrogen (secondary N) is 3. The second-order valence-corrected chi connectivity index (χ2v) is 8.54. The number of amides is 1. The van der Waals surface area contributed by atoms with Gasteiger partial charge in [0.15, 0.2) is 12.4 Å². The fourth-order valence-corrected chi connectivity index (χ4v) is 3.48. The zero-order valence-electron chi connectivity index (χ0n) is 19.0. The van der Waals surface area contributed by atoms with Crippen molar-refractivity contribution in [2.24, 2.45) is 0 Å². The van der Waals surface area contributed by atoms with Crippen molar-refractivity contribution in [3.8, 4) is 22.9 Å². The van der Waals surface area contributed by atoms with Gasteiger partial charge in [-0.05, 0) is 57.0 Å². The van der Waals surface area contributed by atoms with E-state index in [2.05, 4.69) is 20.8 Å². The number of hydrogen-bond donors (Lipinski definition) is 3. The second kappa shape index (κ2) is 9.38. The summed E-state index contributed by atoms with van der Waals surface area (Å²) in [7, 11) is 0. The van der Waals surface area contributed by atoms with Crippen LogP contribution in [-0.4, -0.2) is 44.8 Å². The summed E-state index contributed by atoms with van der Waals surface area (Å²) < 4.78 is 11.7. The lowest BCUT2D eigenvalue weighted by Gasteiger charge is -2.13. The molecule has 0 spiro atoms. The third-order valence-electron chi connectivity index (χ3n) is 5.17. The zero-order chi connectivity index (χ0) is 23.5. The van der Waals surface area contributed by atoms with Crippen LogP contribution in [0.25, 0.3) is 22.3 Å². The van der Waals surface area contributed by atoms with Crippen LogP contribution in [0.1, 0.15) is 26.7 Å². The molecule has 1 saturated carbocycles. The Hall–Kier alpha value is -4.14. The van der Waals surface area contributed by atoms with Crippen molar-refractivity contribution in [3.05, 3.63) is 54.9 Å². The van der Waals surface area contributed by atoms with E-state index in [0.717, 1.165) is 40.7 Å². The Kier molecular flexibility index (Phi) is 5.99. The summed E-state index contributed by atoms with van der Waals surface area (Å²) in [4.78, 5) is 21.5. The Morgan fingerprint density at radius 2 is 2.03 bits per heavy atom. The number of carbonyl (C=O) groups is 1. The molecule has 2 heterocycles. The molecule has 0 radical (unpaired) electrons. The number of aromatic nitrogens is 4. The first kappa shape index (κ1) is 21.7. The summed E-state index contributed by atoms with van der Waals surface area (Å²) in [6, 6.07) is 13.3. The molecule has 34 heavy (non-hydrogen) atoms. The molecule has 1 aliphatic rings. The Balaban J connectivity index is 1.46. The third-order valence-corrected chi connectivity index (χ3v) is 5.17. The smallest absolute Gasteiger partial charge is 0.258 e. The SMILES string of the molecule is CC(C)NC(=O)COc1cccc(-c2nc(Nc3cn[nH]c3)c3cc(OC4CC4)ccc3n2)c1. The fourth-order valence-electron chi connectivity index (χ4n) is 3.48. The lowest BCUT2D eigenvalue weighted by molar-refractivity contribution is -0.123. The molecule has 0 unspecified atom stereocenters. The average Bonchev–Trinajstić information content (AvgIpc) is 3.49. The highest BCUT2D eigenvalue weighted by Gasteiger charge is 2.24. The highest BCUT2D eigenvalue weighted by molar-refractivity contribution is 5.93. The zero-order valence-corrected chi connectivity index (χ0v) is 19.0. The fraction of sp³-hybridized carbons (Fsp3) is 0.280. The van der Waals surface area contributed by atoms with Crippen LogP contribution in [0.3, 0.4) is 0 Å². The van der Waals surface area contributed by atoms with Crippen molar-refractivity contribution in [1.29, 1.82) is 0 Å². The van der Waals surface area contributed by atoms with Gasteiger partial charge in [0, 0.05) is 23.2 Å². The summed E-state index contributed by atoms with van der Waals surface area (Å²) in [6.45, 7) is 3.76. The molecule has 0 atom stereocenters. The minimum absolute atomic E-state index is 0.0583. The lowest BCUT2D eigenvalue weighted by atomic mass is 10.1. The van der Waals surface area contributed by atoms with Crippen molar-refractivity contribution >= 4 is 28.3 Å². The number of benzene rings is 2.